The minimum absolute atomic E-state index is 0.00982. The summed E-state index contributed by atoms with van der Waals surface area (Å²) < 4.78 is 0. The van der Waals surface area contributed by atoms with E-state index in [4.69, 9.17) is 0 Å². The third-order valence-electron chi connectivity index (χ3n) is 5.61. The molecule has 2 amide bonds. The maximum absolute atomic E-state index is 13.2. The van der Waals surface area contributed by atoms with Gasteiger partial charge in [0.25, 0.3) is 0 Å². The molecule has 4 nitrogen and oxygen atoms in total. The van der Waals surface area contributed by atoms with E-state index in [-0.39, 0.29) is 17.9 Å². The summed E-state index contributed by atoms with van der Waals surface area (Å²) in [5.41, 5.74) is 1.05. The van der Waals surface area contributed by atoms with Crippen molar-refractivity contribution < 1.29 is 9.59 Å². The molecular weight excluding hydrogens is 392 g/mol. The molecule has 0 aliphatic heterocycles. The van der Waals surface area contributed by atoms with Gasteiger partial charge in [0.2, 0.25) is 11.8 Å². The first-order chi connectivity index (χ1) is 14.7. The molecule has 1 aliphatic carbocycles. The minimum Gasteiger partial charge on any atom is -0.352 e. The van der Waals surface area contributed by atoms with Crippen LogP contribution in [-0.2, 0) is 16.1 Å². The summed E-state index contributed by atoms with van der Waals surface area (Å²) in [6.45, 7) is 2.45. The summed E-state index contributed by atoms with van der Waals surface area (Å²) >= 11 is 1.68. The molecule has 160 valence electrons. The predicted molar refractivity (Wildman–Crippen MR) is 123 cm³/mol. The lowest BCUT2D eigenvalue weighted by Crippen LogP contribution is -2.51. The minimum atomic E-state index is -0.431. The standard InChI is InChI=1S/C25H32N2O2S/c1-2-23(25(29)26-21-13-9-10-14-21)27(19-20-11-5-3-6-12-20)24(28)17-18-30-22-15-7-4-8-16-22/h3-8,11-12,15-16,21,23H,2,9-10,13-14,17-19H2,1H3,(H,26,29). The Bertz CT molecular complexity index is 791. The van der Waals surface area contributed by atoms with Gasteiger partial charge in [0, 0.05) is 29.7 Å². The second kappa shape index (κ2) is 11.8. The molecule has 0 saturated heterocycles. The highest BCUT2D eigenvalue weighted by molar-refractivity contribution is 7.99. The molecule has 1 unspecified atom stereocenters. The summed E-state index contributed by atoms with van der Waals surface area (Å²) in [7, 11) is 0. The highest BCUT2D eigenvalue weighted by Gasteiger charge is 2.30. The molecule has 5 heteroatoms. The zero-order chi connectivity index (χ0) is 21.2. The quantitative estimate of drug-likeness (QED) is 0.544. The summed E-state index contributed by atoms with van der Waals surface area (Å²) in [5.74, 6) is 0.731. The molecule has 0 aromatic heterocycles. The average molecular weight is 425 g/mol. The lowest BCUT2D eigenvalue weighted by atomic mass is 10.1. The van der Waals surface area contributed by atoms with E-state index in [9.17, 15) is 9.59 Å². The molecule has 1 aliphatic rings. The molecule has 2 aromatic carbocycles. The van der Waals surface area contributed by atoms with Gasteiger partial charge in [-0.3, -0.25) is 9.59 Å². The molecule has 1 N–H and O–H groups in total. The zero-order valence-electron chi connectivity index (χ0n) is 17.8. The first kappa shape index (κ1) is 22.4. The largest absolute Gasteiger partial charge is 0.352 e. The molecular formula is C25H32N2O2S. The van der Waals surface area contributed by atoms with Crippen molar-refractivity contribution in [1.29, 1.82) is 0 Å². The van der Waals surface area contributed by atoms with Crippen LogP contribution in [0, 0.1) is 0 Å². The Kier molecular flexibility index (Phi) is 8.81. The van der Waals surface area contributed by atoms with Crippen molar-refractivity contribution in [1.82, 2.24) is 10.2 Å². The second-order valence-electron chi connectivity index (χ2n) is 7.83. The van der Waals surface area contributed by atoms with Crippen molar-refractivity contribution in [2.24, 2.45) is 0 Å². The van der Waals surface area contributed by atoms with Gasteiger partial charge in [0.05, 0.1) is 0 Å². The van der Waals surface area contributed by atoms with Crippen LogP contribution in [0.4, 0.5) is 0 Å². The molecule has 3 rings (SSSR count). The number of carbonyl (C=O) groups excluding carboxylic acids is 2. The smallest absolute Gasteiger partial charge is 0.243 e. The Balaban J connectivity index is 1.67. The van der Waals surface area contributed by atoms with Crippen LogP contribution in [-0.4, -0.2) is 34.6 Å². The lowest BCUT2D eigenvalue weighted by molar-refractivity contribution is -0.141. The monoisotopic (exact) mass is 424 g/mol. The van der Waals surface area contributed by atoms with E-state index in [2.05, 4.69) is 17.4 Å². The van der Waals surface area contributed by atoms with Crippen LogP contribution in [0.25, 0.3) is 0 Å². The van der Waals surface area contributed by atoms with E-state index in [1.807, 2.05) is 55.5 Å². The van der Waals surface area contributed by atoms with Crippen LogP contribution in [0.3, 0.4) is 0 Å². The molecule has 1 atom stereocenters. The van der Waals surface area contributed by atoms with Gasteiger partial charge in [-0.05, 0) is 37.0 Å². The van der Waals surface area contributed by atoms with Crippen LogP contribution in [0.15, 0.2) is 65.6 Å². The molecule has 0 bridgehead atoms. The fourth-order valence-electron chi connectivity index (χ4n) is 3.98. The van der Waals surface area contributed by atoms with E-state index >= 15 is 0 Å². The number of carbonyl (C=O) groups is 2. The third-order valence-corrected chi connectivity index (χ3v) is 6.62. The fourth-order valence-corrected chi connectivity index (χ4v) is 4.85. The normalized spacial score (nSPS) is 15.0. The lowest BCUT2D eigenvalue weighted by Gasteiger charge is -2.31. The number of hydrogen-bond donors (Lipinski definition) is 1. The second-order valence-corrected chi connectivity index (χ2v) is 9.00. The van der Waals surface area contributed by atoms with Gasteiger partial charge < -0.3 is 10.2 Å². The van der Waals surface area contributed by atoms with Crippen LogP contribution in [0.5, 0.6) is 0 Å². The van der Waals surface area contributed by atoms with Crippen molar-refractivity contribution in [2.75, 3.05) is 5.75 Å². The Labute approximate surface area is 184 Å². The topological polar surface area (TPSA) is 49.4 Å². The number of hydrogen-bond acceptors (Lipinski definition) is 3. The van der Waals surface area contributed by atoms with Gasteiger partial charge in [0.15, 0.2) is 0 Å². The Morgan fingerprint density at radius 1 is 1.03 bits per heavy atom. The third kappa shape index (κ3) is 6.63. The van der Waals surface area contributed by atoms with Gasteiger partial charge in [-0.15, -0.1) is 11.8 Å². The fraction of sp³-hybridized carbons (Fsp3) is 0.440. The number of nitrogens with zero attached hydrogens (tertiary/aromatic N) is 1. The van der Waals surface area contributed by atoms with Crippen molar-refractivity contribution in [3.05, 3.63) is 66.2 Å². The molecule has 1 saturated carbocycles. The Morgan fingerprint density at radius 3 is 2.30 bits per heavy atom. The average Bonchev–Trinajstić information content (AvgIpc) is 3.28. The van der Waals surface area contributed by atoms with E-state index in [0.29, 0.717) is 25.1 Å². The predicted octanol–water partition coefficient (Wildman–Crippen LogP) is 5.04. The summed E-state index contributed by atoms with van der Waals surface area (Å²) in [6.07, 6.45) is 5.46. The van der Waals surface area contributed by atoms with Gasteiger partial charge >= 0.3 is 0 Å². The molecule has 1 fully saturated rings. The summed E-state index contributed by atoms with van der Waals surface area (Å²) in [6, 6.07) is 19.9. The molecule has 0 radical (unpaired) electrons. The molecule has 0 heterocycles. The van der Waals surface area contributed by atoms with Crippen LogP contribution in [0.1, 0.15) is 51.0 Å². The van der Waals surface area contributed by atoms with Crippen LogP contribution >= 0.6 is 11.8 Å². The summed E-state index contributed by atoms with van der Waals surface area (Å²) in [4.78, 5) is 29.2. The van der Waals surface area contributed by atoms with E-state index < -0.39 is 6.04 Å². The molecule has 30 heavy (non-hydrogen) atoms. The van der Waals surface area contributed by atoms with Crippen molar-refractivity contribution in [2.45, 2.75) is 69.0 Å². The van der Waals surface area contributed by atoms with Gasteiger partial charge in [-0.1, -0.05) is 68.3 Å². The highest BCUT2D eigenvalue weighted by Crippen LogP contribution is 2.21. The van der Waals surface area contributed by atoms with E-state index in [0.717, 1.165) is 23.3 Å². The van der Waals surface area contributed by atoms with Gasteiger partial charge in [-0.25, -0.2) is 0 Å². The molecule has 2 aromatic rings. The van der Waals surface area contributed by atoms with Crippen molar-refractivity contribution in [3.8, 4) is 0 Å². The first-order valence-corrected chi connectivity index (χ1v) is 12.0. The zero-order valence-corrected chi connectivity index (χ0v) is 18.6. The SMILES string of the molecule is CCC(C(=O)NC1CCCC1)N(Cc1ccccc1)C(=O)CCSc1ccccc1. The Hall–Kier alpha value is -2.27. The van der Waals surface area contributed by atoms with Crippen LogP contribution < -0.4 is 5.32 Å². The van der Waals surface area contributed by atoms with Gasteiger partial charge in [0.1, 0.15) is 6.04 Å². The summed E-state index contributed by atoms with van der Waals surface area (Å²) in [5, 5.41) is 3.19. The maximum Gasteiger partial charge on any atom is 0.243 e. The number of thioether (sulfide) groups is 1. The number of nitrogens with one attached hydrogen (secondary N) is 1. The molecule has 0 spiro atoms. The number of rotatable bonds is 10. The first-order valence-electron chi connectivity index (χ1n) is 11.0. The van der Waals surface area contributed by atoms with Crippen LogP contribution in [0.2, 0.25) is 0 Å². The number of benzene rings is 2. The van der Waals surface area contributed by atoms with E-state index in [1.165, 1.54) is 12.8 Å². The van der Waals surface area contributed by atoms with Gasteiger partial charge in [-0.2, -0.15) is 0 Å². The van der Waals surface area contributed by atoms with E-state index in [1.54, 1.807) is 16.7 Å². The van der Waals surface area contributed by atoms with Crippen molar-refractivity contribution >= 4 is 23.6 Å². The maximum atomic E-state index is 13.2. The van der Waals surface area contributed by atoms with Crippen molar-refractivity contribution in [3.63, 3.8) is 0 Å². The Morgan fingerprint density at radius 2 is 1.67 bits per heavy atom. The number of amides is 2. The highest BCUT2D eigenvalue weighted by atomic mass is 32.2.